The zero-order valence-corrected chi connectivity index (χ0v) is 13.6. The maximum absolute atomic E-state index is 6.30. The first-order valence-electron chi connectivity index (χ1n) is 6.27. The van der Waals surface area contributed by atoms with Gasteiger partial charge in [-0.3, -0.25) is 0 Å². The van der Waals surface area contributed by atoms with Crippen LogP contribution >= 0.6 is 0 Å². The normalized spacial score (nSPS) is 20.9. The summed E-state index contributed by atoms with van der Waals surface area (Å²) in [4.78, 5) is 0. The molecule has 3 rings (SSSR count). The van der Waals surface area contributed by atoms with Gasteiger partial charge in [0, 0.05) is 58.8 Å². The Morgan fingerprint density at radius 1 is 1.39 bits per heavy atom. The molecule has 0 atom stereocenters. The molecule has 3 nitrogen and oxygen atoms in total. The van der Waals surface area contributed by atoms with Crippen LogP contribution in [0, 0.1) is 12.7 Å². The van der Waals surface area contributed by atoms with Crippen LogP contribution in [0.15, 0.2) is 5.57 Å². The van der Waals surface area contributed by atoms with Crippen LogP contribution in [0.4, 0.5) is 0 Å². The van der Waals surface area contributed by atoms with Gasteiger partial charge in [0.1, 0.15) is 0 Å². The molecule has 1 N–H and O–H groups in total. The van der Waals surface area contributed by atoms with Crippen LogP contribution in [0.3, 0.4) is 0 Å². The number of allylic oxidation sites excluding steroid dienone is 3. The van der Waals surface area contributed by atoms with Crippen LogP contribution in [0.5, 0.6) is 0 Å². The molecule has 0 saturated heterocycles. The number of aryl methyl sites for hydroxylation is 1. The number of hydrogen-bond donors (Lipinski definition) is 1. The topological polar surface area (TPSA) is 29.9 Å². The summed E-state index contributed by atoms with van der Waals surface area (Å²) in [6.07, 6.45) is 6.34. The summed E-state index contributed by atoms with van der Waals surface area (Å²) < 4.78 is 2.09. The molecular weight excluding hydrogens is 299 g/mol. The number of aromatic nitrogens is 2. The molecule has 0 fully saturated rings. The SMILES string of the molecule is [CH-]=C1C(=[C-]C)CCCn2nc3c(c21)CNCC3.[Y]. The van der Waals surface area contributed by atoms with Crippen molar-refractivity contribution in [2.24, 2.45) is 0 Å². The van der Waals surface area contributed by atoms with Crippen LogP contribution in [-0.2, 0) is 52.2 Å². The Kier molecular flexibility index (Phi) is 4.57. The fraction of sp³-hybridized carbons (Fsp3) is 0.500. The molecule has 0 unspecified atom stereocenters. The Labute approximate surface area is 134 Å². The number of hydrogen-bond acceptors (Lipinski definition) is 2. The van der Waals surface area contributed by atoms with Crippen molar-refractivity contribution in [3.05, 3.63) is 35.2 Å². The molecule has 4 heteroatoms. The van der Waals surface area contributed by atoms with E-state index in [1.807, 2.05) is 6.92 Å². The Balaban J connectivity index is 0.00000120. The maximum Gasteiger partial charge on any atom is 0.0539 e. The Bertz CT molecular complexity index is 499. The van der Waals surface area contributed by atoms with Gasteiger partial charge in [0.05, 0.1) is 5.69 Å². The van der Waals surface area contributed by atoms with E-state index in [4.69, 9.17) is 11.7 Å². The molecule has 1 aromatic rings. The average Bonchev–Trinajstić information content (AvgIpc) is 2.64. The molecule has 0 amide bonds. The van der Waals surface area contributed by atoms with Crippen LogP contribution in [0.25, 0.3) is 5.57 Å². The van der Waals surface area contributed by atoms with Crippen molar-refractivity contribution in [1.82, 2.24) is 15.1 Å². The zero-order valence-electron chi connectivity index (χ0n) is 10.8. The first-order chi connectivity index (χ1) is 8.31. The van der Waals surface area contributed by atoms with E-state index in [-0.39, 0.29) is 32.7 Å². The monoisotopic (exact) mass is 316 g/mol. The quantitative estimate of drug-likeness (QED) is 0.741. The second kappa shape index (κ2) is 5.81. The van der Waals surface area contributed by atoms with Crippen molar-refractivity contribution < 1.29 is 32.7 Å². The molecule has 2 aliphatic rings. The minimum Gasteiger partial charge on any atom is -0.344 e. The third-order valence-electron chi connectivity index (χ3n) is 3.65. The molecule has 18 heavy (non-hydrogen) atoms. The standard InChI is InChI=1S/C14H17N3.Y/c1-3-11-5-4-8-17-14(10(11)2)12-9-15-7-6-13(12)16-17;/h2,15H,4-9H2,1H3;/q-2;. The van der Waals surface area contributed by atoms with Gasteiger partial charge in [0.15, 0.2) is 0 Å². The number of nitrogens with zero attached hydrogens (tertiary/aromatic N) is 2. The molecule has 1 aromatic heterocycles. The van der Waals surface area contributed by atoms with Gasteiger partial charge in [-0.25, -0.2) is 0 Å². The number of fused-ring (bicyclic) bond motifs is 3. The second-order valence-electron chi connectivity index (χ2n) is 4.67. The molecule has 0 aliphatic carbocycles. The Morgan fingerprint density at radius 3 is 3.00 bits per heavy atom. The van der Waals surface area contributed by atoms with Gasteiger partial charge < -0.3 is 33.8 Å². The van der Waals surface area contributed by atoms with E-state index < -0.39 is 0 Å². The minimum absolute atomic E-state index is 0. The largest absolute Gasteiger partial charge is 0.344 e. The smallest absolute Gasteiger partial charge is 0.0539 e. The molecular formula is C14H17N3Y-2. The first-order valence-corrected chi connectivity index (χ1v) is 6.27. The minimum atomic E-state index is 0. The van der Waals surface area contributed by atoms with E-state index in [1.165, 1.54) is 11.3 Å². The molecule has 93 valence electrons. The maximum atomic E-state index is 6.30. The van der Waals surface area contributed by atoms with E-state index >= 15 is 0 Å². The van der Waals surface area contributed by atoms with Crippen molar-refractivity contribution >= 4 is 5.57 Å². The number of rotatable bonds is 0. The van der Waals surface area contributed by atoms with Gasteiger partial charge in [-0.2, -0.15) is 5.10 Å². The van der Waals surface area contributed by atoms with E-state index in [9.17, 15) is 0 Å². The van der Waals surface area contributed by atoms with Crippen LogP contribution in [0.1, 0.15) is 36.7 Å². The summed E-state index contributed by atoms with van der Waals surface area (Å²) >= 11 is 0. The van der Waals surface area contributed by atoms with E-state index in [2.05, 4.69) is 16.1 Å². The van der Waals surface area contributed by atoms with E-state index in [1.54, 1.807) is 0 Å². The summed E-state index contributed by atoms with van der Waals surface area (Å²) in [5, 5.41) is 8.10. The van der Waals surface area contributed by atoms with Gasteiger partial charge in [-0.1, -0.05) is 5.56 Å². The van der Waals surface area contributed by atoms with Gasteiger partial charge >= 0.3 is 0 Å². The zero-order chi connectivity index (χ0) is 11.8. The van der Waals surface area contributed by atoms with Crippen molar-refractivity contribution in [1.29, 1.82) is 0 Å². The van der Waals surface area contributed by atoms with Crippen LogP contribution < -0.4 is 5.32 Å². The number of nitrogens with one attached hydrogen (secondary N) is 1. The van der Waals surface area contributed by atoms with Gasteiger partial charge in [-0.15, -0.1) is 19.0 Å². The van der Waals surface area contributed by atoms with Crippen LogP contribution in [-0.4, -0.2) is 16.3 Å². The third-order valence-corrected chi connectivity index (χ3v) is 3.65. The summed E-state index contributed by atoms with van der Waals surface area (Å²) in [6, 6.07) is 0. The van der Waals surface area contributed by atoms with Crippen molar-refractivity contribution in [2.45, 2.75) is 39.3 Å². The summed E-state index contributed by atoms with van der Waals surface area (Å²) in [5.74, 6) is 0. The van der Waals surface area contributed by atoms with Gasteiger partial charge in [0.25, 0.3) is 0 Å². The van der Waals surface area contributed by atoms with Gasteiger partial charge in [0.2, 0.25) is 0 Å². The summed E-state index contributed by atoms with van der Waals surface area (Å²) in [5.41, 5.74) is 5.68. The van der Waals surface area contributed by atoms with E-state index in [0.717, 1.165) is 55.7 Å². The van der Waals surface area contributed by atoms with Crippen molar-refractivity contribution in [3.8, 4) is 0 Å². The first kappa shape index (κ1) is 14.2. The molecule has 0 spiro atoms. The average molecular weight is 316 g/mol. The molecule has 0 aromatic carbocycles. The van der Waals surface area contributed by atoms with Gasteiger partial charge in [-0.05, 0) is 6.42 Å². The molecule has 0 bridgehead atoms. The Hall–Kier alpha value is -0.246. The predicted molar refractivity (Wildman–Crippen MR) is 67.0 cm³/mol. The Morgan fingerprint density at radius 2 is 2.22 bits per heavy atom. The molecule has 0 saturated carbocycles. The fourth-order valence-electron chi connectivity index (χ4n) is 2.76. The second-order valence-corrected chi connectivity index (χ2v) is 4.67. The van der Waals surface area contributed by atoms with Crippen molar-refractivity contribution in [2.75, 3.05) is 6.54 Å². The van der Waals surface area contributed by atoms with E-state index in [0.29, 0.717) is 0 Å². The molecule has 3 heterocycles. The van der Waals surface area contributed by atoms with Crippen molar-refractivity contribution in [3.63, 3.8) is 0 Å². The summed E-state index contributed by atoms with van der Waals surface area (Å²) in [7, 11) is 0. The third kappa shape index (κ3) is 2.28. The molecule has 2 aliphatic heterocycles. The fourth-order valence-corrected chi connectivity index (χ4v) is 2.76. The predicted octanol–water partition coefficient (Wildman–Crippen LogP) is 1.89. The molecule has 1 radical (unpaired) electrons. The summed E-state index contributed by atoms with van der Waals surface area (Å²) in [6.45, 7) is 11.1. The van der Waals surface area contributed by atoms with Crippen LogP contribution in [0.2, 0.25) is 0 Å².